The molecule has 128 valence electrons. The molecule has 0 radical (unpaired) electrons. The molecule has 0 unspecified atom stereocenters. The van der Waals surface area contributed by atoms with Crippen molar-refractivity contribution in [1.82, 2.24) is 0 Å². The molecule has 1 heterocycles. The molecule has 2 aromatic rings. The maximum absolute atomic E-state index is 12.6. The minimum atomic E-state index is -0.616. The Morgan fingerprint density at radius 2 is 1.84 bits per heavy atom. The topological polar surface area (TPSA) is 75.8 Å². The molecule has 2 amide bonds. The van der Waals surface area contributed by atoms with Crippen LogP contribution in [-0.2, 0) is 9.59 Å². The number of amides is 2. The van der Waals surface area contributed by atoms with Gasteiger partial charge in [-0.3, -0.25) is 9.59 Å². The molecule has 1 fully saturated rings. The van der Waals surface area contributed by atoms with E-state index < -0.39 is 5.25 Å². The summed E-state index contributed by atoms with van der Waals surface area (Å²) in [7, 11) is 0. The van der Waals surface area contributed by atoms with Crippen molar-refractivity contribution in [3.8, 4) is 0 Å². The Kier molecular flexibility index (Phi) is 5.32. The highest BCUT2D eigenvalue weighted by atomic mass is 35.5. The fourth-order valence-corrected chi connectivity index (χ4v) is 3.57. The zero-order valence-corrected chi connectivity index (χ0v) is 15.2. The smallest absolute Gasteiger partial charge is 0.247 e. The van der Waals surface area contributed by atoms with Crippen LogP contribution in [0.2, 0.25) is 10.0 Å². The Morgan fingerprint density at radius 1 is 1.12 bits per heavy atom. The third-order valence-electron chi connectivity index (χ3n) is 3.53. The number of hydrogen-bond acceptors (Lipinski definition) is 4. The largest absolute Gasteiger partial charge is 0.378 e. The number of carbonyl (C=O) groups is 2. The molecule has 1 aliphatic rings. The Morgan fingerprint density at radius 3 is 2.52 bits per heavy atom. The summed E-state index contributed by atoms with van der Waals surface area (Å²) in [5.74, 6) is -0.659. The van der Waals surface area contributed by atoms with Crippen LogP contribution < -0.4 is 10.6 Å². The maximum Gasteiger partial charge on any atom is 0.247 e. The summed E-state index contributed by atoms with van der Waals surface area (Å²) in [6.07, 6.45) is 0.0504. The number of carbonyl (C=O) groups excluding carboxylic acids is 2. The standard InChI is InChI=1S/C17H13Cl2N3O2S/c18-12-7-6-11(8-13(12)19)22-15(23)9-14(16(22)24)25-17(20)21-10-4-2-1-3-5-10/h1-8,14H,9H2,(H2,20,21)/t14-/m0/s1. The summed E-state index contributed by atoms with van der Waals surface area (Å²) in [5, 5.41) is 0.249. The Balaban J connectivity index is 1.77. The number of nitrogens with zero attached hydrogens (tertiary/aromatic N) is 2. The first-order valence-corrected chi connectivity index (χ1v) is 8.97. The number of thioether (sulfide) groups is 1. The van der Waals surface area contributed by atoms with E-state index in [0.717, 1.165) is 16.7 Å². The molecule has 3 rings (SSSR count). The normalized spacial score (nSPS) is 18.1. The van der Waals surface area contributed by atoms with Gasteiger partial charge in [0.15, 0.2) is 5.17 Å². The van der Waals surface area contributed by atoms with Gasteiger partial charge in [0.25, 0.3) is 0 Å². The lowest BCUT2D eigenvalue weighted by molar-refractivity contribution is -0.121. The highest BCUT2D eigenvalue weighted by molar-refractivity contribution is 8.15. The van der Waals surface area contributed by atoms with Crippen LogP contribution >= 0.6 is 35.0 Å². The molecule has 0 bridgehead atoms. The van der Waals surface area contributed by atoms with E-state index in [-0.39, 0.29) is 28.4 Å². The molecule has 0 aromatic heterocycles. The van der Waals surface area contributed by atoms with Gasteiger partial charge in [0.2, 0.25) is 11.8 Å². The first-order chi connectivity index (χ1) is 12.0. The average molecular weight is 394 g/mol. The van der Waals surface area contributed by atoms with Gasteiger partial charge in [0, 0.05) is 6.42 Å². The summed E-state index contributed by atoms with van der Waals surface area (Å²) >= 11 is 12.9. The van der Waals surface area contributed by atoms with E-state index in [1.54, 1.807) is 24.3 Å². The molecule has 0 saturated carbocycles. The van der Waals surface area contributed by atoms with Crippen LogP contribution in [0.15, 0.2) is 53.5 Å². The maximum atomic E-state index is 12.6. The lowest BCUT2D eigenvalue weighted by Gasteiger charge is -2.15. The van der Waals surface area contributed by atoms with Crippen molar-refractivity contribution in [2.75, 3.05) is 4.90 Å². The summed E-state index contributed by atoms with van der Waals surface area (Å²) in [6, 6.07) is 13.8. The van der Waals surface area contributed by atoms with E-state index >= 15 is 0 Å². The van der Waals surface area contributed by atoms with Crippen molar-refractivity contribution >= 4 is 63.3 Å². The highest BCUT2D eigenvalue weighted by Crippen LogP contribution is 2.33. The van der Waals surface area contributed by atoms with E-state index in [4.69, 9.17) is 28.9 Å². The second-order valence-corrected chi connectivity index (χ2v) is 7.30. The number of amidine groups is 1. The monoisotopic (exact) mass is 393 g/mol. The first kappa shape index (κ1) is 17.8. The van der Waals surface area contributed by atoms with Gasteiger partial charge in [-0.2, -0.15) is 0 Å². The number of benzene rings is 2. The highest BCUT2D eigenvalue weighted by Gasteiger charge is 2.40. The predicted molar refractivity (Wildman–Crippen MR) is 103 cm³/mol. The van der Waals surface area contributed by atoms with Gasteiger partial charge in [-0.15, -0.1) is 0 Å². The molecule has 8 heteroatoms. The van der Waals surface area contributed by atoms with Crippen LogP contribution in [0.3, 0.4) is 0 Å². The molecule has 0 spiro atoms. The van der Waals surface area contributed by atoms with Gasteiger partial charge in [0.1, 0.15) is 5.25 Å². The van der Waals surface area contributed by atoms with Gasteiger partial charge < -0.3 is 5.73 Å². The van der Waals surface area contributed by atoms with E-state index in [2.05, 4.69) is 4.99 Å². The van der Waals surface area contributed by atoms with E-state index in [0.29, 0.717) is 16.4 Å². The lowest BCUT2D eigenvalue weighted by Crippen LogP contribution is -2.31. The number of aliphatic imine (C=N–C) groups is 1. The van der Waals surface area contributed by atoms with Crippen molar-refractivity contribution < 1.29 is 9.59 Å². The second-order valence-electron chi connectivity index (χ2n) is 5.26. The van der Waals surface area contributed by atoms with Crippen molar-refractivity contribution in [3.63, 3.8) is 0 Å². The molecular weight excluding hydrogens is 381 g/mol. The molecule has 25 heavy (non-hydrogen) atoms. The zero-order chi connectivity index (χ0) is 18.0. The van der Waals surface area contributed by atoms with Crippen LogP contribution in [0.25, 0.3) is 0 Å². The third-order valence-corrected chi connectivity index (χ3v) is 5.25. The van der Waals surface area contributed by atoms with Crippen LogP contribution in [0, 0.1) is 0 Å². The molecule has 1 atom stereocenters. The van der Waals surface area contributed by atoms with Crippen LogP contribution in [-0.4, -0.2) is 22.2 Å². The second kappa shape index (κ2) is 7.47. The average Bonchev–Trinajstić information content (AvgIpc) is 2.85. The number of anilines is 1. The zero-order valence-electron chi connectivity index (χ0n) is 12.9. The van der Waals surface area contributed by atoms with Crippen molar-refractivity contribution in [2.45, 2.75) is 11.7 Å². The van der Waals surface area contributed by atoms with E-state index in [1.807, 2.05) is 18.2 Å². The number of halogens is 2. The predicted octanol–water partition coefficient (Wildman–Crippen LogP) is 4.00. The minimum absolute atomic E-state index is 0.0504. The quantitative estimate of drug-likeness (QED) is 0.485. The van der Waals surface area contributed by atoms with E-state index in [9.17, 15) is 9.59 Å². The van der Waals surface area contributed by atoms with Crippen LogP contribution in [0.4, 0.5) is 11.4 Å². The third kappa shape index (κ3) is 3.98. The molecule has 2 N–H and O–H groups in total. The van der Waals surface area contributed by atoms with Gasteiger partial charge >= 0.3 is 0 Å². The number of hydrogen-bond donors (Lipinski definition) is 1. The Labute approximate surface area is 158 Å². The Bertz CT molecular complexity index is 858. The first-order valence-electron chi connectivity index (χ1n) is 7.33. The van der Waals surface area contributed by atoms with Crippen molar-refractivity contribution in [2.24, 2.45) is 10.7 Å². The summed E-state index contributed by atoms with van der Waals surface area (Å²) in [5.41, 5.74) is 6.99. The molecule has 1 saturated heterocycles. The van der Waals surface area contributed by atoms with Crippen LogP contribution in [0.5, 0.6) is 0 Å². The van der Waals surface area contributed by atoms with Gasteiger partial charge in [-0.25, -0.2) is 9.89 Å². The summed E-state index contributed by atoms with van der Waals surface area (Å²) < 4.78 is 0. The molecule has 2 aromatic carbocycles. The SMILES string of the molecule is NC(=Nc1ccccc1)S[C@H]1CC(=O)N(c2ccc(Cl)c(Cl)c2)C1=O. The molecule has 5 nitrogen and oxygen atoms in total. The minimum Gasteiger partial charge on any atom is -0.378 e. The Hall–Kier alpha value is -2.02. The number of rotatable bonds is 3. The number of para-hydroxylation sites is 1. The fourth-order valence-electron chi connectivity index (χ4n) is 2.39. The fraction of sp³-hybridized carbons (Fsp3) is 0.118. The van der Waals surface area contributed by atoms with E-state index in [1.165, 1.54) is 6.07 Å². The van der Waals surface area contributed by atoms with Gasteiger partial charge in [0.05, 0.1) is 21.4 Å². The van der Waals surface area contributed by atoms with Gasteiger partial charge in [-0.1, -0.05) is 53.2 Å². The van der Waals surface area contributed by atoms with Crippen molar-refractivity contribution in [3.05, 3.63) is 58.6 Å². The number of imide groups is 1. The lowest BCUT2D eigenvalue weighted by atomic mass is 10.3. The summed E-state index contributed by atoms with van der Waals surface area (Å²) in [4.78, 5) is 30.2. The van der Waals surface area contributed by atoms with Crippen LogP contribution in [0.1, 0.15) is 6.42 Å². The molecule has 0 aliphatic carbocycles. The van der Waals surface area contributed by atoms with Gasteiger partial charge in [-0.05, 0) is 30.3 Å². The number of nitrogens with two attached hydrogens (primary N) is 1. The molecular formula is C17H13Cl2N3O2S. The van der Waals surface area contributed by atoms with Crippen molar-refractivity contribution in [1.29, 1.82) is 0 Å². The molecule has 1 aliphatic heterocycles. The summed E-state index contributed by atoms with van der Waals surface area (Å²) in [6.45, 7) is 0.